The molecule has 1 aromatic carbocycles. The first-order chi connectivity index (χ1) is 8.88. The zero-order valence-electron chi connectivity index (χ0n) is 11.1. The lowest BCUT2D eigenvalue weighted by Crippen LogP contribution is -2.32. The fraction of sp³-hybridized carbons (Fsp3) is 0.500. The van der Waals surface area contributed by atoms with Crippen LogP contribution in [0.15, 0.2) is 12.1 Å². The quantitative estimate of drug-likeness (QED) is 0.899. The number of rotatable bonds is 5. The van der Waals surface area contributed by atoms with Gasteiger partial charge in [0, 0.05) is 11.6 Å². The molecule has 0 aliphatic rings. The minimum atomic E-state index is -4.44. The summed E-state index contributed by atoms with van der Waals surface area (Å²) >= 11 is 0. The fourth-order valence-electron chi connectivity index (χ4n) is 1.77. The van der Waals surface area contributed by atoms with E-state index in [9.17, 15) is 13.2 Å². The molecule has 0 amide bonds. The second-order valence-corrected chi connectivity index (χ2v) is 3.71. The summed E-state index contributed by atoms with van der Waals surface area (Å²) in [5.74, 6) is 0.595. The summed E-state index contributed by atoms with van der Waals surface area (Å²) in [7, 11) is 5.29. The van der Waals surface area contributed by atoms with Gasteiger partial charge in [-0.2, -0.15) is 13.2 Å². The Bertz CT molecular complexity index is 435. The minimum Gasteiger partial charge on any atom is -0.496 e. The molecule has 1 N–H and O–H groups in total. The summed E-state index contributed by atoms with van der Waals surface area (Å²) in [6.45, 7) is 0. The van der Waals surface area contributed by atoms with Gasteiger partial charge in [0.1, 0.15) is 11.8 Å². The predicted octanol–water partition coefficient (Wildman–Crippen LogP) is 2.54. The first kappa shape index (κ1) is 15.4. The zero-order valence-corrected chi connectivity index (χ0v) is 11.1. The van der Waals surface area contributed by atoms with Crippen molar-refractivity contribution in [2.24, 2.45) is 0 Å². The maximum absolute atomic E-state index is 13.0. The molecular weight excluding hydrogens is 263 g/mol. The molecule has 0 heterocycles. The Morgan fingerprint density at radius 1 is 0.947 bits per heavy atom. The molecule has 1 unspecified atom stereocenters. The topological polar surface area (TPSA) is 39.7 Å². The van der Waals surface area contributed by atoms with E-state index >= 15 is 0 Å². The van der Waals surface area contributed by atoms with Crippen molar-refractivity contribution >= 4 is 0 Å². The van der Waals surface area contributed by atoms with Crippen LogP contribution >= 0.6 is 0 Å². The Labute approximate surface area is 109 Å². The molecule has 1 rings (SSSR count). The normalized spacial score (nSPS) is 13.0. The van der Waals surface area contributed by atoms with E-state index in [0.29, 0.717) is 5.75 Å². The van der Waals surface area contributed by atoms with Crippen LogP contribution in [-0.4, -0.2) is 34.6 Å². The molecule has 0 aromatic heterocycles. The van der Waals surface area contributed by atoms with E-state index < -0.39 is 12.2 Å². The number of halogens is 3. The summed E-state index contributed by atoms with van der Waals surface area (Å²) < 4.78 is 53.9. The van der Waals surface area contributed by atoms with Crippen molar-refractivity contribution in [3.05, 3.63) is 17.7 Å². The van der Waals surface area contributed by atoms with Crippen LogP contribution in [0.25, 0.3) is 0 Å². The number of alkyl halides is 3. The Balaban J connectivity index is 3.40. The summed E-state index contributed by atoms with van der Waals surface area (Å²) in [4.78, 5) is 0. The van der Waals surface area contributed by atoms with Crippen molar-refractivity contribution in [1.82, 2.24) is 5.32 Å². The minimum absolute atomic E-state index is 0.0600. The van der Waals surface area contributed by atoms with Gasteiger partial charge in [0.05, 0.1) is 21.3 Å². The molecule has 0 spiro atoms. The second kappa shape index (κ2) is 6.01. The number of ether oxygens (including phenoxy) is 3. The highest BCUT2D eigenvalue weighted by Crippen LogP contribution is 2.42. The van der Waals surface area contributed by atoms with Gasteiger partial charge in [-0.05, 0) is 13.1 Å². The highest BCUT2D eigenvalue weighted by atomic mass is 19.4. The van der Waals surface area contributed by atoms with Crippen LogP contribution < -0.4 is 19.5 Å². The summed E-state index contributed by atoms with van der Waals surface area (Å²) in [6.07, 6.45) is -4.44. The molecule has 0 saturated carbocycles. The van der Waals surface area contributed by atoms with Crippen molar-refractivity contribution in [2.75, 3.05) is 28.4 Å². The van der Waals surface area contributed by atoms with Crippen molar-refractivity contribution < 1.29 is 27.4 Å². The molecule has 7 heteroatoms. The lowest BCUT2D eigenvalue weighted by Gasteiger charge is -2.23. The van der Waals surface area contributed by atoms with E-state index in [1.54, 1.807) is 0 Å². The molecule has 0 saturated heterocycles. The summed E-state index contributed by atoms with van der Waals surface area (Å²) in [5.41, 5.74) is -0.0600. The SMILES string of the molecule is CNC(c1cc(OC)c(OC)cc1OC)C(F)(F)F. The van der Waals surface area contributed by atoms with E-state index in [1.807, 2.05) is 0 Å². The van der Waals surface area contributed by atoms with Gasteiger partial charge < -0.3 is 19.5 Å². The van der Waals surface area contributed by atoms with Gasteiger partial charge in [0.15, 0.2) is 11.5 Å². The number of nitrogens with one attached hydrogen (secondary N) is 1. The van der Waals surface area contributed by atoms with Crippen LogP contribution in [0.1, 0.15) is 11.6 Å². The number of benzene rings is 1. The number of hydrogen-bond acceptors (Lipinski definition) is 4. The molecule has 0 aliphatic heterocycles. The Morgan fingerprint density at radius 2 is 1.42 bits per heavy atom. The molecule has 19 heavy (non-hydrogen) atoms. The van der Waals surface area contributed by atoms with Crippen molar-refractivity contribution in [3.8, 4) is 17.2 Å². The Hall–Kier alpha value is -1.63. The van der Waals surface area contributed by atoms with Gasteiger partial charge >= 0.3 is 6.18 Å². The van der Waals surface area contributed by atoms with Gasteiger partial charge in [-0.3, -0.25) is 0 Å². The third-order valence-electron chi connectivity index (χ3n) is 2.66. The lowest BCUT2D eigenvalue weighted by atomic mass is 10.0. The molecule has 1 aromatic rings. The second-order valence-electron chi connectivity index (χ2n) is 3.71. The van der Waals surface area contributed by atoms with Gasteiger partial charge in [-0.15, -0.1) is 0 Å². The largest absolute Gasteiger partial charge is 0.496 e. The molecule has 0 bridgehead atoms. The molecular formula is C12H16F3NO3. The van der Waals surface area contributed by atoms with Crippen LogP contribution in [-0.2, 0) is 0 Å². The number of methoxy groups -OCH3 is 3. The molecule has 0 radical (unpaired) electrons. The monoisotopic (exact) mass is 279 g/mol. The van der Waals surface area contributed by atoms with Gasteiger partial charge in [0.25, 0.3) is 0 Å². The van der Waals surface area contributed by atoms with E-state index in [-0.39, 0.29) is 17.1 Å². The standard InChI is InChI=1S/C12H16F3NO3/c1-16-11(12(13,14)15)7-5-9(18-3)10(19-4)6-8(7)17-2/h5-6,11,16H,1-4H3. The highest BCUT2D eigenvalue weighted by Gasteiger charge is 2.41. The third-order valence-corrected chi connectivity index (χ3v) is 2.66. The molecule has 1 atom stereocenters. The summed E-state index contributed by atoms with van der Waals surface area (Å²) in [6, 6.07) is 0.776. The lowest BCUT2D eigenvalue weighted by molar-refractivity contribution is -0.156. The first-order valence-electron chi connectivity index (χ1n) is 5.42. The Morgan fingerprint density at radius 3 is 1.79 bits per heavy atom. The van der Waals surface area contributed by atoms with E-state index in [1.165, 1.54) is 40.5 Å². The van der Waals surface area contributed by atoms with Crippen molar-refractivity contribution in [3.63, 3.8) is 0 Å². The average molecular weight is 279 g/mol. The third kappa shape index (κ3) is 3.23. The average Bonchev–Trinajstić information content (AvgIpc) is 2.37. The van der Waals surface area contributed by atoms with Crippen molar-refractivity contribution in [1.29, 1.82) is 0 Å². The van der Waals surface area contributed by atoms with Crippen LogP contribution in [0, 0.1) is 0 Å². The molecule has 108 valence electrons. The molecule has 0 aliphatic carbocycles. The van der Waals surface area contributed by atoms with E-state index in [2.05, 4.69) is 5.32 Å². The molecule has 0 fully saturated rings. The first-order valence-corrected chi connectivity index (χ1v) is 5.42. The highest BCUT2D eigenvalue weighted by molar-refractivity contribution is 5.52. The maximum Gasteiger partial charge on any atom is 0.408 e. The van der Waals surface area contributed by atoms with Crippen LogP contribution in [0.5, 0.6) is 17.2 Å². The van der Waals surface area contributed by atoms with Crippen LogP contribution in [0.3, 0.4) is 0 Å². The number of hydrogen-bond donors (Lipinski definition) is 1. The molecule has 4 nitrogen and oxygen atoms in total. The van der Waals surface area contributed by atoms with Gasteiger partial charge in [0.2, 0.25) is 0 Å². The van der Waals surface area contributed by atoms with Crippen molar-refractivity contribution in [2.45, 2.75) is 12.2 Å². The van der Waals surface area contributed by atoms with E-state index in [4.69, 9.17) is 14.2 Å². The van der Waals surface area contributed by atoms with Crippen LogP contribution in [0.4, 0.5) is 13.2 Å². The maximum atomic E-state index is 13.0. The zero-order chi connectivity index (χ0) is 14.6. The summed E-state index contributed by atoms with van der Waals surface area (Å²) in [5, 5.41) is 2.22. The van der Waals surface area contributed by atoms with Gasteiger partial charge in [-0.1, -0.05) is 0 Å². The Kier molecular flexibility index (Phi) is 4.88. The van der Waals surface area contributed by atoms with Gasteiger partial charge in [-0.25, -0.2) is 0 Å². The smallest absolute Gasteiger partial charge is 0.408 e. The van der Waals surface area contributed by atoms with Crippen LogP contribution in [0.2, 0.25) is 0 Å². The predicted molar refractivity (Wildman–Crippen MR) is 64.0 cm³/mol. The fourth-order valence-corrected chi connectivity index (χ4v) is 1.77. The van der Waals surface area contributed by atoms with E-state index in [0.717, 1.165) is 0 Å².